The number of hydrogen-bond donors (Lipinski definition) is 0. The molecule has 0 aliphatic carbocycles. The van der Waals surface area contributed by atoms with Crippen molar-refractivity contribution >= 4 is 6.29 Å². The first-order valence-electron chi connectivity index (χ1n) is 5.51. The Morgan fingerprint density at radius 1 is 1.19 bits per heavy atom. The molecule has 0 bridgehead atoms. The lowest BCUT2D eigenvalue weighted by molar-refractivity contribution is 0.111. The van der Waals surface area contributed by atoms with Crippen molar-refractivity contribution in [1.29, 1.82) is 0 Å². The van der Waals surface area contributed by atoms with E-state index in [4.69, 9.17) is 0 Å². The third-order valence-corrected chi connectivity index (χ3v) is 2.71. The zero-order valence-corrected chi connectivity index (χ0v) is 9.39. The summed E-state index contributed by atoms with van der Waals surface area (Å²) < 4.78 is 2.00. The van der Waals surface area contributed by atoms with Gasteiger partial charge in [0, 0.05) is 12.7 Å². The SMILES string of the molecule is CCc1cc(C=O)n(Cc2ccccc2)c1. The molecule has 0 amide bonds. The lowest BCUT2D eigenvalue weighted by Crippen LogP contribution is -2.01. The van der Waals surface area contributed by atoms with Crippen LogP contribution in [0.2, 0.25) is 0 Å². The van der Waals surface area contributed by atoms with Crippen LogP contribution in [0.1, 0.15) is 28.5 Å². The molecule has 1 aromatic heterocycles. The van der Waals surface area contributed by atoms with E-state index in [9.17, 15) is 4.79 Å². The lowest BCUT2D eigenvalue weighted by atomic mass is 10.2. The van der Waals surface area contributed by atoms with E-state index in [1.807, 2.05) is 28.8 Å². The van der Waals surface area contributed by atoms with Crippen molar-refractivity contribution in [2.75, 3.05) is 0 Å². The van der Waals surface area contributed by atoms with Crippen LogP contribution < -0.4 is 0 Å². The van der Waals surface area contributed by atoms with Gasteiger partial charge in [-0.1, -0.05) is 37.3 Å². The van der Waals surface area contributed by atoms with Crippen LogP contribution in [0.25, 0.3) is 0 Å². The molecule has 2 rings (SSSR count). The minimum absolute atomic E-state index is 0.751. The number of carbonyl (C=O) groups is 1. The molecular formula is C14H15NO. The second kappa shape index (κ2) is 4.79. The molecule has 0 saturated heterocycles. The fourth-order valence-corrected chi connectivity index (χ4v) is 1.80. The number of carbonyl (C=O) groups excluding carboxylic acids is 1. The Morgan fingerprint density at radius 3 is 2.56 bits per heavy atom. The van der Waals surface area contributed by atoms with Crippen molar-refractivity contribution in [1.82, 2.24) is 4.57 Å². The Morgan fingerprint density at radius 2 is 1.94 bits per heavy atom. The Labute approximate surface area is 95.5 Å². The minimum Gasteiger partial charge on any atom is -0.341 e. The molecule has 2 nitrogen and oxygen atoms in total. The summed E-state index contributed by atoms with van der Waals surface area (Å²) >= 11 is 0. The van der Waals surface area contributed by atoms with Gasteiger partial charge in [-0.15, -0.1) is 0 Å². The van der Waals surface area contributed by atoms with Gasteiger partial charge in [-0.25, -0.2) is 0 Å². The fourth-order valence-electron chi connectivity index (χ4n) is 1.80. The summed E-state index contributed by atoms with van der Waals surface area (Å²) in [4.78, 5) is 10.9. The summed E-state index contributed by atoms with van der Waals surface area (Å²) in [5.74, 6) is 0. The molecule has 0 N–H and O–H groups in total. The summed E-state index contributed by atoms with van der Waals surface area (Å²) in [6.45, 7) is 2.85. The quantitative estimate of drug-likeness (QED) is 0.716. The van der Waals surface area contributed by atoms with E-state index in [1.54, 1.807) is 0 Å². The Hall–Kier alpha value is -1.83. The van der Waals surface area contributed by atoms with Gasteiger partial charge in [-0.3, -0.25) is 4.79 Å². The van der Waals surface area contributed by atoms with E-state index in [1.165, 1.54) is 11.1 Å². The van der Waals surface area contributed by atoms with Gasteiger partial charge in [0.05, 0.1) is 5.69 Å². The van der Waals surface area contributed by atoms with Crippen molar-refractivity contribution in [3.63, 3.8) is 0 Å². The van der Waals surface area contributed by atoms with Gasteiger partial charge in [0.25, 0.3) is 0 Å². The molecule has 82 valence electrons. The van der Waals surface area contributed by atoms with Crippen LogP contribution in [0, 0.1) is 0 Å². The first-order valence-corrected chi connectivity index (χ1v) is 5.51. The zero-order chi connectivity index (χ0) is 11.4. The maximum absolute atomic E-state index is 10.9. The highest BCUT2D eigenvalue weighted by Gasteiger charge is 2.04. The van der Waals surface area contributed by atoms with Gasteiger partial charge in [0.2, 0.25) is 0 Å². The van der Waals surface area contributed by atoms with Crippen LogP contribution in [0.3, 0.4) is 0 Å². The van der Waals surface area contributed by atoms with Gasteiger partial charge >= 0.3 is 0 Å². The molecule has 0 saturated carbocycles. The molecule has 2 aromatic rings. The minimum atomic E-state index is 0.751. The van der Waals surface area contributed by atoms with Crippen LogP contribution in [0.5, 0.6) is 0 Å². The average molecular weight is 213 g/mol. The summed E-state index contributed by atoms with van der Waals surface area (Å²) in [5, 5.41) is 0. The molecule has 0 atom stereocenters. The predicted molar refractivity (Wildman–Crippen MR) is 64.7 cm³/mol. The third-order valence-electron chi connectivity index (χ3n) is 2.71. The van der Waals surface area contributed by atoms with Crippen molar-refractivity contribution in [3.8, 4) is 0 Å². The smallest absolute Gasteiger partial charge is 0.166 e. The Bertz CT molecular complexity index is 471. The standard InChI is InChI=1S/C14H15NO/c1-2-12-8-14(11-16)15(9-12)10-13-6-4-3-5-7-13/h3-9,11H,2,10H2,1H3. The molecule has 16 heavy (non-hydrogen) atoms. The number of benzene rings is 1. The van der Waals surface area contributed by atoms with E-state index < -0.39 is 0 Å². The first kappa shape index (κ1) is 10.7. The average Bonchev–Trinajstić information content (AvgIpc) is 2.73. The zero-order valence-electron chi connectivity index (χ0n) is 9.39. The normalized spacial score (nSPS) is 10.3. The second-order valence-corrected chi connectivity index (χ2v) is 3.86. The molecular weight excluding hydrogens is 198 g/mol. The number of hydrogen-bond acceptors (Lipinski definition) is 1. The highest BCUT2D eigenvalue weighted by Crippen LogP contribution is 2.11. The van der Waals surface area contributed by atoms with Crippen molar-refractivity contribution in [2.24, 2.45) is 0 Å². The van der Waals surface area contributed by atoms with E-state index in [0.29, 0.717) is 0 Å². The molecule has 0 fully saturated rings. The number of nitrogens with zero attached hydrogens (tertiary/aromatic N) is 1. The maximum Gasteiger partial charge on any atom is 0.166 e. The van der Waals surface area contributed by atoms with E-state index >= 15 is 0 Å². The van der Waals surface area contributed by atoms with Crippen molar-refractivity contribution in [3.05, 3.63) is 59.4 Å². The summed E-state index contributed by atoms with van der Waals surface area (Å²) in [6.07, 6.45) is 3.93. The fraction of sp³-hybridized carbons (Fsp3) is 0.214. The van der Waals surface area contributed by atoms with Gasteiger partial charge in [0.1, 0.15) is 0 Å². The van der Waals surface area contributed by atoms with Crippen molar-refractivity contribution in [2.45, 2.75) is 19.9 Å². The van der Waals surface area contributed by atoms with Crippen LogP contribution in [-0.4, -0.2) is 10.9 Å². The number of aromatic nitrogens is 1. The highest BCUT2D eigenvalue weighted by molar-refractivity contribution is 5.73. The summed E-state index contributed by atoms with van der Waals surface area (Å²) in [5.41, 5.74) is 3.17. The van der Waals surface area contributed by atoms with E-state index in [-0.39, 0.29) is 0 Å². The topological polar surface area (TPSA) is 22.0 Å². The van der Waals surface area contributed by atoms with Gasteiger partial charge < -0.3 is 4.57 Å². The molecule has 0 unspecified atom stereocenters. The number of aryl methyl sites for hydroxylation is 1. The molecule has 2 heteroatoms. The third kappa shape index (κ3) is 2.22. The van der Waals surface area contributed by atoms with E-state index in [0.717, 1.165) is 24.9 Å². The van der Waals surface area contributed by atoms with Gasteiger partial charge in [0.15, 0.2) is 6.29 Å². The largest absolute Gasteiger partial charge is 0.341 e. The molecule has 0 aliphatic heterocycles. The van der Waals surface area contributed by atoms with Gasteiger partial charge in [-0.2, -0.15) is 0 Å². The summed E-state index contributed by atoms with van der Waals surface area (Å²) in [7, 11) is 0. The molecule has 0 spiro atoms. The number of rotatable bonds is 4. The van der Waals surface area contributed by atoms with Crippen molar-refractivity contribution < 1.29 is 4.79 Å². The molecule has 1 heterocycles. The van der Waals surface area contributed by atoms with Crippen LogP contribution in [-0.2, 0) is 13.0 Å². The monoisotopic (exact) mass is 213 g/mol. The van der Waals surface area contributed by atoms with Crippen LogP contribution >= 0.6 is 0 Å². The predicted octanol–water partition coefficient (Wildman–Crippen LogP) is 2.91. The maximum atomic E-state index is 10.9. The summed E-state index contributed by atoms with van der Waals surface area (Å²) in [6, 6.07) is 12.1. The van der Waals surface area contributed by atoms with Crippen LogP contribution in [0.4, 0.5) is 0 Å². The van der Waals surface area contributed by atoms with Gasteiger partial charge in [-0.05, 0) is 23.6 Å². The molecule has 0 radical (unpaired) electrons. The Balaban J connectivity index is 2.27. The van der Waals surface area contributed by atoms with Crippen LogP contribution in [0.15, 0.2) is 42.6 Å². The van der Waals surface area contributed by atoms with E-state index in [2.05, 4.69) is 25.3 Å². The Kier molecular flexibility index (Phi) is 3.20. The number of aldehydes is 1. The highest BCUT2D eigenvalue weighted by atomic mass is 16.1. The second-order valence-electron chi connectivity index (χ2n) is 3.86. The first-order chi connectivity index (χ1) is 7.83. The lowest BCUT2D eigenvalue weighted by Gasteiger charge is -2.04. The molecule has 1 aromatic carbocycles. The molecule has 0 aliphatic rings.